The highest BCUT2D eigenvalue weighted by atomic mass is 15.3. The summed E-state index contributed by atoms with van der Waals surface area (Å²) in [6, 6.07) is 3.78. The third-order valence-electron chi connectivity index (χ3n) is 2.58. The van der Waals surface area contributed by atoms with Crippen molar-refractivity contribution in [3.8, 4) is 5.82 Å². The van der Waals surface area contributed by atoms with Crippen LogP contribution in [0, 0.1) is 0 Å². The maximum absolute atomic E-state index is 4.40. The zero-order valence-electron chi connectivity index (χ0n) is 10.4. The van der Waals surface area contributed by atoms with Crippen molar-refractivity contribution in [1.82, 2.24) is 25.3 Å². The molecule has 0 amide bonds. The Morgan fingerprint density at radius 2 is 2.24 bits per heavy atom. The lowest BCUT2D eigenvalue weighted by atomic mass is 10.1. The summed E-state index contributed by atoms with van der Waals surface area (Å²) in [7, 11) is 1.93. The molecule has 0 fully saturated rings. The smallest absolute Gasteiger partial charge is 0.175 e. The zero-order chi connectivity index (χ0) is 12.3. The van der Waals surface area contributed by atoms with Gasteiger partial charge < -0.3 is 5.32 Å². The molecule has 0 aromatic carbocycles. The van der Waals surface area contributed by atoms with Gasteiger partial charge in [-0.2, -0.15) is 10.2 Å². The van der Waals surface area contributed by atoms with E-state index in [2.05, 4.69) is 34.5 Å². The second-order valence-electron chi connectivity index (χ2n) is 4.23. The maximum atomic E-state index is 4.40. The van der Waals surface area contributed by atoms with Gasteiger partial charge in [0.1, 0.15) is 0 Å². The minimum Gasteiger partial charge on any atom is -0.316 e. The van der Waals surface area contributed by atoms with Gasteiger partial charge in [0, 0.05) is 18.3 Å². The summed E-state index contributed by atoms with van der Waals surface area (Å²) in [5.74, 6) is 1.15. The Balaban J connectivity index is 2.48. The molecule has 2 rings (SSSR count). The van der Waals surface area contributed by atoms with E-state index >= 15 is 0 Å². The standard InChI is InChI=1S/C12H17N5/c1-9(2)12-10(7-13-3)8-15-17(12)11-5-4-6-14-16-11/h4-6,8-9,13H,7H2,1-3H3. The minimum atomic E-state index is 0.392. The lowest BCUT2D eigenvalue weighted by Crippen LogP contribution is -2.11. The maximum Gasteiger partial charge on any atom is 0.175 e. The molecule has 0 aliphatic carbocycles. The molecule has 0 aliphatic heterocycles. The molecular weight excluding hydrogens is 214 g/mol. The Morgan fingerprint density at radius 3 is 2.82 bits per heavy atom. The van der Waals surface area contributed by atoms with E-state index in [0.29, 0.717) is 5.92 Å². The number of aromatic nitrogens is 4. The van der Waals surface area contributed by atoms with Crippen LogP contribution in [0.25, 0.3) is 5.82 Å². The SMILES string of the molecule is CNCc1cnn(-c2cccnn2)c1C(C)C. The molecule has 0 saturated heterocycles. The molecule has 2 heterocycles. The predicted octanol–water partition coefficient (Wildman–Crippen LogP) is 1.51. The van der Waals surface area contributed by atoms with Crippen LogP contribution in [0.2, 0.25) is 0 Å². The third kappa shape index (κ3) is 2.34. The molecule has 90 valence electrons. The summed E-state index contributed by atoms with van der Waals surface area (Å²) in [6.07, 6.45) is 3.55. The fourth-order valence-corrected chi connectivity index (χ4v) is 1.92. The first-order chi connectivity index (χ1) is 8.24. The molecule has 0 spiro atoms. The molecule has 5 nitrogen and oxygen atoms in total. The molecular formula is C12H17N5. The molecule has 2 aromatic heterocycles. The van der Waals surface area contributed by atoms with E-state index in [-0.39, 0.29) is 0 Å². The van der Waals surface area contributed by atoms with Gasteiger partial charge in [-0.15, -0.1) is 5.10 Å². The van der Waals surface area contributed by atoms with Crippen molar-refractivity contribution in [2.45, 2.75) is 26.3 Å². The first-order valence-electron chi connectivity index (χ1n) is 5.73. The van der Waals surface area contributed by atoms with Crippen LogP contribution >= 0.6 is 0 Å². The molecule has 0 radical (unpaired) electrons. The number of rotatable bonds is 4. The van der Waals surface area contributed by atoms with Crippen LogP contribution in [0.4, 0.5) is 0 Å². The van der Waals surface area contributed by atoms with E-state index in [1.165, 1.54) is 11.3 Å². The van der Waals surface area contributed by atoms with Crippen molar-refractivity contribution in [3.05, 3.63) is 35.8 Å². The lowest BCUT2D eigenvalue weighted by molar-refractivity contribution is 0.695. The van der Waals surface area contributed by atoms with E-state index in [1.54, 1.807) is 6.20 Å². The molecule has 5 heteroatoms. The van der Waals surface area contributed by atoms with Gasteiger partial charge >= 0.3 is 0 Å². The summed E-state index contributed by atoms with van der Waals surface area (Å²) in [6.45, 7) is 5.12. The van der Waals surface area contributed by atoms with Crippen molar-refractivity contribution < 1.29 is 0 Å². The topological polar surface area (TPSA) is 55.6 Å². The van der Waals surface area contributed by atoms with Crippen molar-refractivity contribution >= 4 is 0 Å². The highest BCUT2D eigenvalue weighted by Crippen LogP contribution is 2.21. The predicted molar refractivity (Wildman–Crippen MR) is 66.0 cm³/mol. The lowest BCUT2D eigenvalue weighted by Gasteiger charge is -2.11. The summed E-state index contributed by atoms with van der Waals surface area (Å²) in [5, 5.41) is 15.5. The first kappa shape index (κ1) is 11.7. The van der Waals surface area contributed by atoms with Crippen LogP contribution in [0.5, 0.6) is 0 Å². The van der Waals surface area contributed by atoms with Crippen molar-refractivity contribution in [2.75, 3.05) is 7.05 Å². The van der Waals surface area contributed by atoms with Crippen molar-refractivity contribution in [3.63, 3.8) is 0 Å². The average Bonchev–Trinajstić information content (AvgIpc) is 2.74. The summed E-state index contributed by atoms with van der Waals surface area (Å²) < 4.78 is 1.87. The Kier molecular flexibility index (Phi) is 3.49. The van der Waals surface area contributed by atoms with Crippen LogP contribution in [0.1, 0.15) is 31.0 Å². The highest BCUT2D eigenvalue weighted by molar-refractivity contribution is 5.29. The van der Waals surface area contributed by atoms with E-state index < -0.39 is 0 Å². The fraction of sp³-hybridized carbons (Fsp3) is 0.417. The summed E-state index contributed by atoms with van der Waals surface area (Å²) in [4.78, 5) is 0. The van der Waals surface area contributed by atoms with Gasteiger partial charge in [-0.05, 0) is 25.1 Å². The number of nitrogens with zero attached hydrogens (tertiary/aromatic N) is 4. The molecule has 17 heavy (non-hydrogen) atoms. The molecule has 0 atom stereocenters. The van der Waals surface area contributed by atoms with Gasteiger partial charge in [-0.3, -0.25) is 0 Å². The van der Waals surface area contributed by atoms with Gasteiger partial charge in [0.15, 0.2) is 5.82 Å². The quantitative estimate of drug-likeness (QED) is 0.866. The van der Waals surface area contributed by atoms with Crippen molar-refractivity contribution in [2.24, 2.45) is 0 Å². The number of nitrogens with one attached hydrogen (secondary N) is 1. The normalized spacial score (nSPS) is 11.1. The second kappa shape index (κ2) is 5.05. The van der Waals surface area contributed by atoms with E-state index in [0.717, 1.165) is 12.4 Å². The molecule has 0 unspecified atom stereocenters. The molecule has 0 aliphatic rings. The van der Waals surface area contributed by atoms with E-state index in [1.807, 2.05) is 30.1 Å². The second-order valence-corrected chi connectivity index (χ2v) is 4.23. The number of hydrogen-bond acceptors (Lipinski definition) is 4. The molecule has 0 bridgehead atoms. The van der Waals surface area contributed by atoms with Gasteiger partial charge in [0.2, 0.25) is 0 Å². The van der Waals surface area contributed by atoms with Crippen LogP contribution < -0.4 is 5.32 Å². The molecule has 0 saturated carbocycles. The van der Waals surface area contributed by atoms with Gasteiger partial charge in [0.25, 0.3) is 0 Å². The summed E-state index contributed by atoms with van der Waals surface area (Å²) in [5.41, 5.74) is 2.38. The Morgan fingerprint density at radius 1 is 1.41 bits per heavy atom. The fourth-order valence-electron chi connectivity index (χ4n) is 1.92. The van der Waals surface area contributed by atoms with Gasteiger partial charge in [0.05, 0.1) is 11.9 Å². The summed E-state index contributed by atoms with van der Waals surface area (Å²) >= 11 is 0. The van der Waals surface area contributed by atoms with Crippen molar-refractivity contribution in [1.29, 1.82) is 0 Å². The van der Waals surface area contributed by atoms with Gasteiger partial charge in [-0.1, -0.05) is 13.8 Å². The Hall–Kier alpha value is -1.75. The zero-order valence-corrected chi connectivity index (χ0v) is 10.4. The average molecular weight is 231 g/mol. The van der Waals surface area contributed by atoms with Crippen LogP contribution in [-0.2, 0) is 6.54 Å². The van der Waals surface area contributed by atoms with Crippen LogP contribution in [-0.4, -0.2) is 27.0 Å². The Labute approximate surface area is 101 Å². The number of hydrogen-bond donors (Lipinski definition) is 1. The first-order valence-corrected chi connectivity index (χ1v) is 5.73. The molecule has 1 N–H and O–H groups in total. The molecule has 2 aromatic rings. The van der Waals surface area contributed by atoms with Crippen LogP contribution in [0.15, 0.2) is 24.5 Å². The van der Waals surface area contributed by atoms with Crippen LogP contribution in [0.3, 0.4) is 0 Å². The van der Waals surface area contributed by atoms with E-state index in [9.17, 15) is 0 Å². The van der Waals surface area contributed by atoms with Gasteiger partial charge in [-0.25, -0.2) is 4.68 Å². The van der Waals surface area contributed by atoms with E-state index in [4.69, 9.17) is 0 Å². The largest absolute Gasteiger partial charge is 0.316 e. The Bertz CT molecular complexity index is 475. The third-order valence-corrected chi connectivity index (χ3v) is 2.58. The minimum absolute atomic E-state index is 0.392. The highest BCUT2D eigenvalue weighted by Gasteiger charge is 2.15. The monoisotopic (exact) mass is 231 g/mol.